The van der Waals surface area contributed by atoms with Gasteiger partial charge in [0, 0.05) is 36.4 Å². The van der Waals surface area contributed by atoms with Gasteiger partial charge in [-0.1, -0.05) is 48.0 Å². The molecule has 4 rings (SSSR count). The van der Waals surface area contributed by atoms with Crippen LogP contribution in [-0.2, 0) is 9.59 Å². The monoisotopic (exact) mass is 446 g/mol. The van der Waals surface area contributed by atoms with E-state index in [2.05, 4.69) is 5.32 Å². The van der Waals surface area contributed by atoms with Crippen molar-refractivity contribution in [3.05, 3.63) is 88.9 Å². The Morgan fingerprint density at radius 2 is 1.81 bits per heavy atom. The van der Waals surface area contributed by atoms with Crippen molar-refractivity contribution in [3.8, 4) is 0 Å². The van der Waals surface area contributed by atoms with E-state index in [9.17, 15) is 9.59 Å². The van der Waals surface area contributed by atoms with E-state index in [0.717, 1.165) is 16.8 Å². The van der Waals surface area contributed by atoms with Gasteiger partial charge in [-0.15, -0.1) is 0 Å². The number of anilines is 2. The van der Waals surface area contributed by atoms with Gasteiger partial charge in [-0.25, -0.2) is 0 Å². The molecule has 32 heavy (non-hydrogen) atoms. The quantitative estimate of drug-likeness (QED) is 0.546. The summed E-state index contributed by atoms with van der Waals surface area (Å²) in [4.78, 5) is 31.4. The molecular weight excluding hydrogens is 424 g/mol. The van der Waals surface area contributed by atoms with Gasteiger partial charge in [0.25, 0.3) is 0 Å². The van der Waals surface area contributed by atoms with Crippen LogP contribution in [0, 0.1) is 0 Å². The largest absolute Gasteiger partial charge is 0.329 e. The Hall–Kier alpha value is -3.48. The maximum Gasteiger partial charge on any atom is 0.238 e. The van der Waals surface area contributed by atoms with E-state index < -0.39 is 5.92 Å². The van der Waals surface area contributed by atoms with Crippen LogP contribution in [0.25, 0.3) is 0 Å². The zero-order valence-corrected chi connectivity index (χ0v) is 18.3. The third-order valence-electron chi connectivity index (χ3n) is 5.33. The first kappa shape index (κ1) is 21.7. The minimum Gasteiger partial charge on any atom is -0.329 e. The van der Waals surface area contributed by atoms with Crippen LogP contribution < -0.4 is 16.0 Å². The molecule has 0 aromatic heterocycles. The Morgan fingerprint density at radius 3 is 2.47 bits per heavy atom. The summed E-state index contributed by atoms with van der Waals surface area (Å²) in [7, 11) is 0. The Labute approximate surface area is 191 Å². The average Bonchev–Trinajstić information content (AvgIpc) is 3.11. The molecule has 2 amide bonds. The summed E-state index contributed by atoms with van der Waals surface area (Å²) in [6.07, 6.45) is 0. The van der Waals surface area contributed by atoms with Crippen molar-refractivity contribution in [2.75, 3.05) is 23.3 Å². The van der Waals surface area contributed by atoms with Crippen molar-refractivity contribution in [1.29, 1.82) is 0 Å². The van der Waals surface area contributed by atoms with Gasteiger partial charge >= 0.3 is 0 Å². The molecule has 0 aliphatic carbocycles. The lowest BCUT2D eigenvalue weighted by Gasteiger charge is -2.20. The normalized spacial score (nSPS) is 15.3. The molecule has 7 heteroatoms. The third kappa shape index (κ3) is 4.42. The molecule has 0 bridgehead atoms. The van der Waals surface area contributed by atoms with Crippen molar-refractivity contribution >= 4 is 46.2 Å². The van der Waals surface area contributed by atoms with Gasteiger partial charge in [0.05, 0.1) is 11.4 Å². The highest BCUT2D eigenvalue weighted by Crippen LogP contribution is 2.37. The topological polar surface area (TPSA) is 87.8 Å². The van der Waals surface area contributed by atoms with Crippen molar-refractivity contribution in [1.82, 2.24) is 0 Å². The average molecular weight is 447 g/mol. The number of benzene rings is 3. The van der Waals surface area contributed by atoms with Gasteiger partial charge in [-0.05, 0) is 47.5 Å². The van der Waals surface area contributed by atoms with Crippen molar-refractivity contribution in [2.45, 2.75) is 12.8 Å². The second-order valence-electron chi connectivity index (χ2n) is 7.49. The first-order valence-corrected chi connectivity index (χ1v) is 10.7. The molecule has 0 saturated carbocycles. The number of hydrogen-bond donors (Lipinski definition) is 2. The van der Waals surface area contributed by atoms with Crippen molar-refractivity contribution in [2.24, 2.45) is 10.7 Å². The maximum atomic E-state index is 12.9. The first-order valence-electron chi connectivity index (χ1n) is 10.3. The van der Waals surface area contributed by atoms with Gasteiger partial charge in [0.15, 0.2) is 0 Å². The lowest BCUT2D eigenvalue weighted by Crippen LogP contribution is -2.33. The molecule has 1 atom stereocenters. The number of carbonyl (C=O) groups is 2. The van der Waals surface area contributed by atoms with E-state index in [-0.39, 0.29) is 11.8 Å². The number of hydrogen-bond acceptors (Lipinski definition) is 4. The summed E-state index contributed by atoms with van der Waals surface area (Å²) in [5.41, 5.74) is 10.1. The number of aliphatic imine (C=N–C) groups is 1. The van der Waals surface area contributed by atoms with Crippen LogP contribution in [-0.4, -0.2) is 30.6 Å². The molecule has 3 N–H and O–H groups in total. The van der Waals surface area contributed by atoms with Crippen LogP contribution in [0.2, 0.25) is 5.02 Å². The van der Waals surface area contributed by atoms with Gasteiger partial charge < -0.3 is 16.0 Å². The van der Waals surface area contributed by atoms with E-state index in [1.165, 1.54) is 6.92 Å². The zero-order chi connectivity index (χ0) is 22.7. The summed E-state index contributed by atoms with van der Waals surface area (Å²) >= 11 is 6.11. The number of fused-ring (bicyclic) bond motifs is 1. The standard InChI is InChI=1S/C25H23ClN4O2/c1-16(31)30(14-13-27)20-10-8-19(9-11-20)28-24(17-5-3-2-4-6-17)23-21-12-7-18(26)15-22(21)29-25(23)32/h2-12,15,23H,13-14,27H2,1H3,(H,29,32). The number of carbonyl (C=O) groups excluding carboxylic acids is 2. The number of nitrogens with two attached hydrogens (primary N) is 1. The highest BCUT2D eigenvalue weighted by Gasteiger charge is 2.35. The van der Waals surface area contributed by atoms with Crippen LogP contribution in [0.15, 0.2) is 77.8 Å². The molecular formula is C25H23ClN4O2. The Morgan fingerprint density at radius 1 is 1.09 bits per heavy atom. The molecule has 1 aliphatic heterocycles. The molecule has 1 aliphatic rings. The summed E-state index contributed by atoms with van der Waals surface area (Å²) in [5, 5.41) is 3.48. The molecule has 162 valence electrons. The summed E-state index contributed by atoms with van der Waals surface area (Å²) in [6.45, 7) is 2.32. The molecule has 0 radical (unpaired) electrons. The summed E-state index contributed by atoms with van der Waals surface area (Å²) in [5.74, 6) is -0.780. The molecule has 3 aromatic carbocycles. The summed E-state index contributed by atoms with van der Waals surface area (Å²) in [6, 6.07) is 22.4. The molecule has 0 saturated heterocycles. The van der Waals surface area contributed by atoms with Crippen molar-refractivity contribution < 1.29 is 9.59 Å². The molecule has 0 fully saturated rings. The minimum absolute atomic E-state index is 0.0745. The Bertz CT molecular complexity index is 1180. The minimum atomic E-state index is -0.560. The molecule has 6 nitrogen and oxygen atoms in total. The predicted octanol–water partition coefficient (Wildman–Crippen LogP) is 4.51. The predicted molar refractivity (Wildman–Crippen MR) is 129 cm³/mol. The van der Waals surface area contributed by atoms with E-state index >= 15 is 0 Å². The molecule has 1 unspecified atom stereocenters. The number of rotatable bonds is 6. The van der Waals surface area contributed by atoms with Gasteiger partial charge in [0.1, 0.15) is 5.92 Å². The SMILES string of the molecule is CC(=O)N(CCN)c1ccc(N=C(c2ccccc2)C2C(=O)Nc3cc(Cl)ccc32)cc1. The van der Waals surface area contributed by atoms with Gasteiger partial charge in [-0.2, -0.15) is 0 Å². The molecule has 0 spiro atoms. The number of amides is 2. The first-order chi connectivity index (χ1) is 15.5. The lowest BCUT2D eigenvalue weighted by molar-refractivity contribution is -0.117. The van der Waals surface area contributed by atoms with Crippen LogP contribution in [0.3, 0.4) is 0 Å². The van der Waals surface area contributed by atoms with E-state index in [4.69, 9.17) is 22.3 Å². The summed E-state index contributed by atoms with van der Waals surface area (Å²) < 4.78 is 0. The highest BCUT2D eigenvalue weighted by molar-refractivity contribution is 6.31. The maximum absolute atomic E-state index is 12.9. The fourth-order valence-corrected chi connectivity index (χ4v) is 4.03. The fraction of sp³-hybridized carbons (Fsp3) is 0.160. The number of nitrogens with one attached hydrogen (secondary N) is 1. The van der Waals surface area contributed by atoms with Crippen LogP contribution in [0.1, 0.15) is 24.0 Å². The third-order valence-corrected chi connectivity index (χ3v) is 5.57. The fourth-order valence-electron chi connectivity index (χ4n) is 3.85. The molecule has 1 heterocycles. The van der Waals surface area contributed by atoms with Crippen LogP contribution in [0.5, 0.6) is 0 Å². The second kappa shape index (κ2) is 9.34. The number of nitrogens with zero attached hydrogens (tertiary/aromatic N) is 2. The van der Waals surface area contributed by atoms with Crippen LogP contribution >= 0.6 is 11.6 Å². The highest BCUT2D eigenvalue weighted by atomic mass is 35.5. The van der Waals surface area contributed by atoms with Crippen molar-refractivity contribution in [3.63, 3.8) is 0 Å². The van der Waals surface area contributed by atoms with E-state index in [1.807, 2.05) is 60.7 Å². The molecule has 3 aromatic rings. The second-order valence-corrected chi connectivity index (χ2v) is 7.93. The van der Waals surface area contributed by atoms with E-state index in [0.29, 0.717) is 35.2 Å². The lowest BCUT2D eigenvalue weighted by atomic mass is 9.90. The smallest absolute Gasteiger partial charge is 0.238 e. The van der Waals surface area contributed by atoms with Crippen LogP contribution in [0.4, 0.5) is 17.1 Å². The van der Waals surface area contributed by atoms with E-state index in [1.54, 1.807) is 17.0 Å². The Kier molecular flexibility index (Phi) is 6.35. The number of halogens is 1. The van der Waals surface area contributed by atoms with Gasteiger partial charge in [0.2, 0.25) is 11.8 Å². The van der Waals surface area contributed by atoms with Gasteiger partial charge in [-0.3, -0.25) is 14.6 Å². The Balaban J connectivity index is 1.76. The zero-order valence-electron chi connectivity index (χ0n) is 17.6.